The minimum atomic E-state index is -0.653. The Hall–Kier alpha value is 4.57. The number of carboxylic acids is 1. The Morgan fingerprint density at radius 2 is 0.759 bits per heavy atom. The van der Waals surface area contributed by atoms with Crippen molar-refractivity contribution >= 4 is 5.97 Å². The summed E-state index contributed by atoms with van der Waals surface area (Å²) in [4.78, 5) is 10.3. The van der Waals surface area contributed by atoms with Crippen molar-refractivity contribution in [2.24, 2.45) is 0 Å². The van der Waals surface area contributed by atoms with Crippen molar-refractivity contribution in [1.82, 2.24) is 0 Å². The summed E-state index contributed by atoms with van der Waals surface area (Å²) < 4.78 is 13.6. The van der Waals surface area contributed by atoms with Crippen LogP contribution in [0.1, 0.15) is 110 Å². The normalized spacial score (nSPS) is 8.93. The van der Waals surface area contributed by atoms with Crippen LogP contribution in [-0.2, 0) is 157 Å². The molecule has 0 aromatic rings. The molecule has 0 rings (SSSR count). The first-order chi connectivity index (χ1) is 14.0. The molecule has 0 aliphatic rings. The zero-order valence-electron chi connectivity index (χ0n) is 17.9. The first-order valence-electron chi connectivity index (χ1n) is 10.2. The second kappa shape index (κ2) is 46.0. The quantitative estimate of drug-likeness (QED) is 0.150. The van der Waals surface area contributed by atoms with Crippen LogP contribution in [0.2, 0.25) is 0 Å². The Bertz CT molecular complexity index is 262. The van der Waals surface area contributed by atoms with E-state index in [1.165, 1.54) is 83.5 Å². The standard InChI is InChI=1S/C18H36O2.6Hf.3O/c1-2-3-4-5-6-7-8-9-10-11-12-13-14-15-16-17-18(19)20;;;;;;;;;/h2-17H2,1H3,(H,19,20);;;;;;;;;. The average molecular weight is 1400 g/mol. The van der Waals surface area contributed by atoms with Gasteiger partial charge in [-0.1, -0.05) is 96.8 Å². The van der Waals surface area contributed by atoms with Gasteiger partial charge in [-0.05, 0) is 6.42 Å². The molecule has 5 nitrogen and oxygen atoms in total. The summed E-state index contributed by atoms with van der Waals surface area (Å²) in [5, 5.41) is 8.52. The number of carbonyl (C=O) groups is 1. The van der Waals surface area contributed by atoms with Crippen LogP contribution in [0.4, 0.5) is 0 Å². The van der Waals surface area contributed by atoms with Crippen LogP contribution in [0.3, 0.4) is 0 Å². The Labute approximate surface area is 272 Å². The van der Waals surface area contributed by atoms with E-state index in [1.54, 1.807) is 0 Å². The third-order valence-corrected chi connectivity index (χ3v) is 3.99. The van der Waals surface area contributed by atoms with Gasteiger partial charge in [0.05, 0.1) is 0 Å². The molecule has 29 heavy (non-hydrogen) atoms. The number of hydrogen-bond donors (Lipinski definition) is 1. The van der Waals surface area contributed by atoms with Crippen molar-refractivity contribution in [2.75, 3.05) is 0 Å². The molecule has 0 radical (unpaired) electrons. The third kappa shape index (κ3) is 65.4. The van der Waals surface area contributed by atoms with Gasteiger partial charge in [-0.2, -0.15) is 0 Å². The second-order valence-electron chi connectivity index (χ2n) is 6.40. The van der Waals surface area contributed by atoms with Gasteiger partial charge in [0.1, 0.15) is 0 Å². The van der Waals surface area contributed by atoms with E-state index in [9.17, 15) is 4.79 Å². The molecule has 0 aromatic carbocycles. The molecule has 0 aliphatic carbocycles. The van der Waals surface area contributed by atoms with Crippen LogP contribution in [-0.4, -0.2) is 11.1 Å². The van der Waals surface area contributed by atoms with Crippen LogP contribution in [0, 0.1) is 0 Å². The number of aliphatic carboxylic acids is 1. The summed E-state index contributed by atoms with van der Waals surface area (Å²) in [6.45, 7) is 2.27. The van der Waals surface area contributed by atoms with E-state index in [0.29, 0.717) is 6.42 Å². The maximum atomic E-state index is 10.3. The zero-order valence-corrected chi connectivity index (χ0v) is 39.4. The summed E-state index contributed by atoms with van der Waals surface area (Å²) in [6.07, 6.45) is 20.2. The van der Waals surface area contributed by atoms with E-state index >= 15 is 0 Å². The van der Waals surface area contributed by atoms with Gasteiger partial charge in [0.2, 0.25) is 0 Å². The maximum absolute atomic E-state index is 10.3. The van der Waals surface area contributed by atoms with Crippen LogP contribution >= 0.6 is 0 Å². The number of unbranched alkanes of at least 4 members (excludes halogenated alkanes) is 14. The van der Waals surface area contributed by atoms with Gasteiger partial charge in [0.25, 0.3) is 0 Å². The monoisotopic (exact) mass is 1410 g/mol. The van der Waals surface area contributed by atoms with Gasteiger partial charge in [-0.3, -0.25) is 4.79 Å². The van der Waals surface area contributed by atoms with Gasteiger partial charge in [0.15, 0.2) is 0 Å². The third-order valence-electron chi connectivity index (χ3n) is 3.99. The predicted octanol–water partition coefficient (Wildman–Crippen LogP) is 6.11. The summed E-state index contributed by atoms with van der Waals surface area (Å²) in [6, 6.07) is 0. The van der Waals surface area contributed by atoms with E-state index < -0.39 is 5.97 Å². The molecule has 11 heteroatoms. The van der Waals surface area contributed by atoms with E-state index in [4.69, 9.17) is 5.11 Å². The van der Waals surface area contributed by atoms with Crippen LogP contribution in [0.25, 0.3) is 0 Å². The van der Waals surface area contributed by atoms with E-state index in [0.717, 1.165) is 162 Å². The predicted molar refractivity (Wildman–Crippen MR) is 90.4 cm³/mol. The zero-order chi connectivity index (χ0) is 23.0. The van der Waals surface area contributed by atoms with Crippen molar-refractivity contribution in [1.29, 1.82) is 0 Å². The molecule has 0 saturated heterocycles. The molecular formula is C18H36Hf6O5. The van der Waals surface area contributed by atoms with Crippen molar-refractivity contribution in [3.8, 4) is 0 Å². The molecule has 0 saturated carbocycles. The fourth-order valence-electron chi connectivity index (χ4n) is 2.65. The molecule has 0 spiro atoms. The topological polar surface area (TPSA) is 65.0 Å². The van der Waals surface area contributed by atoms with Gasteiger partial charge < -0.3 is 5.11 Å². The Kier molecular flexibility index (Phi) is 64.6. The molecule has 0 bridgehead atoms. The first-order valence-corrected chi connectivity index (χ1v) is 19.0. The molecule has 0 fully saturated rings. The molecule has 0 aliphatic heterocycles. The minimum absolute atomic E-state index is 0.345. The molecule has 1 N–H and O–H groups in total. The Balaban J connectivity index is -0.000000293. The van der Waals surface area contributed by atoms with Crippen LogP contribution in [0.5, 0.6) is 0 Å². The van der Waals surface area contributed by atoms with E-state index in [2.05, 4.69) is 9.84 Å². The van der Waals surface area contributed by atoms with Crippen LogP contribution in [0.15, 0.2) is 0 Å². The Morgan fingerprint density at radius 1 is 0.552 bits per heavy atom. The van der Waals surface area contributed by atoms with Gasteiger partial charge >= 0.3 is 158 Å². The summed E-state index contributed by atoms with van der Waals surface area (Å²) >= 11 is 5.58. The number of carboxylic acid groups (broad SMARTS) is 1. The van der Waals surface area contributed by atoms with E-state index in [-0.39, 0.29) is 0 Å². The molecule has 0 amide bonds. The fourth-order valence-corrected chi connectivity index (χ4v) is 2.65. The number of rotatable bonds is 16. The molecule has 0 unspecified atom stereocenters. The SMILES string of the molecule is CCCCCCCCCCCCCCCCCC(=O)O.[Hf][O][Hf].[Hf][O][Hf].[Hf][O][Hf]. The van der Waals surface area contributed by atoms with Gasteiger partial charge in [0, 0.05) is 6.42 Å². The Morgan fingerprint density at radius 3 is 0.966 bits per heavy atom. The summed E-state index contributed by atoms with van der Waals surface area (Å²) in [7, 11) is 0. The molecule has 0 aromatic heterocycles. The van der Waals surface area contributed by atoms with Crippen LogP contribution < -0.4 is 0 Å². The molecule has 162 valence electrons. The summed E-state index contributed by atoms with van der Waals surface area (Å²) in [5.74, 6) is -0.653. The average Bonchev–Trinajstić information content (AvgIpc) is 2.66. The van der Waals surface area contributed by atoms with Gasteiger partial charge in [-0.25, -0.2) is 0 Å². The first kappa shape index (κ1) is 40.7. The van der Waals surface area contributed by atoms with Crippen molar-refractivity contribution in [2.45, 2.75) is 110 Å². The van der Waals surface area contributed by atoms with Crippen molar-refractivity contribution in [3.05, 3.63) is 0 Å². The molecule has 0 heterocycles. The van der Waals surface area contributed by atoms with Crippen molar-refractivity contribution < 1.29 is 162 Å². The van der Waals surface area contributed by atoms with E-state index in [1.807, 2.05) is 0 Å². The van der Waals surface area contributed by atoms with Gasteiger partial charge in [-0.15, -0.1) is 0 Å². The second-order valence-corrected chi connectivity index (χ2v) is 26.6. The van der Waals surface area contributed by atoms with Crippen molar-refractivity contribution in [3.63, 3.8) is 0 Å². The number of hydrogen-bond acceptors (Lipinski definition) is 4. The summed E-state index contributed by atoms with van der Waals surface area (Å²) in [5.41, 5.74) is 0. The molecular weight excluding hydrogens is 1370 g/mol. The molecule has 0 atom stereocenters. The fraction of sp³-hybridized carbons (Fsp3) is 0.944.